The van der Waals surface area contributed by atoms with Crippen molar-refractivity contribution < 1.29 is 9.18 Å². The molecule has 1 aromatic heterocycles. The van der Waals surface area contributed by atoms with Crippen LogP contribution in [0.25, 0.3) is 0 Å². The van der Waals surface area contributed by atoms with E-state index >= 15 is 0 Å². The molecule has 0 aliphatic rings. The molecule has 24 heavy (non-hydrogen) atoms. The van der Waals surface area contributed by atoms with E-state index in [1.165, 1.54) is 6.07 Å². The van der Waals surface area contributed by atoms with Crippen molar-refractivity contribution in [2.24, 2.45) is 0 Å². The molecule has 0 spiro atoms. The number of carbonyl (C=O) groups excluding carboxylic acids is 1. The zero-order chi connectivity index (χ0) is 17.7. The zero-order valence-corrected chi connectivity index (χ0v) is 14.5. The number of urea groups is 1. The lowest BCUT2D eigenvalue weighted by molar-refractivity contribution is 0.248. The van der Waals surface area contributed by atoms with Crippen LogP contribution in [0.5, 0.6) is 0 Å². The van der Waals surface area contributed by atoms with Gasteiger partial charge in [0.2, 0.25) is 0 Å². The summed E-state index contributed by atoms with van der Waals surface area (Å²) in [6.07, 6.45) is 5.20. The number of halogens is 1. The fourth-order valence-electron chi connectivity index (χ4n) is 2.30. The van der Waals surface area contributed by atoms with Crippen LogP contribution in [0.2, 0.25) is 0 Å². The van der Waals surface area contributed by atoms with Crippen LogP contribution in [0.15, 0.2) is 36.9 Å². The third-order valence-corrected chi connectivity index (χ3v) is 3.78. The van der Waals surface area contributed by atoms with Crippen LogP contribution >= 0.6 is 0 Å². The summed E-state index contributed by atoms with van der Waals surface area (Å²) in [5.74, 6) is -0.365. The van der Waals surface area contributed by atoms with Gasteiger partial charge in [0.1, 0.15) is 5.82 Å². The highest BCUT2D eigenvalue weighted by Crippen LogP contribution is 2.23. The van der Waals surface area contributed by atoms with Crippen molar-refractivity contribution in [3.05, 3.63) is 42.7 Å². The van der Waals surface area contributed by atoms with E-state index in [1.54, 1.807) is 24.7 Å². The van der Waals surface area contributed by atoms with Crippen molar-refractivity contribution in [2.45, 2.75) is 39.4 Å². The Morgan fingerprint density at radius 3 is 2.71 bits per heavy atom. The second kappa shape index (κ2) is 7.81. The molecule has 6 nitrogen and oxygen atoms in total. The minimum Gasteiger partial charge on any atom is -0.370 e. The highest BCUT2D eigenvalue weighted by Gasteiger charge is 2.13. The number of carbonyl (C=O) groups is 1. The Labute approximate surface area is 141 Å². The van der Waals surface area contributed by atoms with Crippen LogP contribution in [-0.2, 0) is 6.54 Å². The summed E-state index contributed by atoms with van der Waals surface area (Å²) < 4.78 is 16.1. The van der Waals surface area contributed by atoms with E-state index in [2.05, 4.69) is 15.6 Å². The molecule has 0 radical (unpaired) electrons. The number of amides is 2. The van der Waals surface area contributed by atoms with Crippen molar-refractivity contribution in [1.82, 2.24) is 14.9 Å². The molecule has 1 atom stereocenters. The molecule has 0 bridgehead atoms. The Hall–Kier alpha value is -2.57. The Morgan fingerprint density at radius 2 is 2.12 bits per heavy atom. The lowest BCUT2D eigenvalue weighted by Gasteiger charge is -2.24. The van der Waals surface area contributed by atoms with E-state index in [0.717, 1.165) is 0 Å². The van der Waals surface area contributed by atoms with Crippen molar-refractivity contribution >= 4 is 17.4 Å². The van der Waals surface area contributed by atoms with Gasteiger partial charge in [-0.15, -0.1) is 0 Å². The molecule has 0 saturated heterocycles. The molecule has 2 N–H and O–H groups in total. The Balaban J connectivity index is 1.93. The Morgan fingerprint density at radius 1 is 1.38 bits per heavy atom. The van der Waals surface area contributed by atoms with Gasteiger partial charge in [0, 0.05) is 43.8 Å². The first-order chi connectivity index (χ1) is 11.4. The molecule has 130 valence electrons. The maximum atomic E-state index is 14.2. The highest BCUT2D eigenvalue weighted by atomic mass is 19.1. The Kier molecular flexibility index (Phi) is 5.78. The maximum absolute atomic E-state index is 14.2. The van der Waals surface area contributed by atoms with Gasteiger partial charge in [-0.3, -0.25) is 0 Å². The molecule has 0 saturated carbocycles. The third kappa shape index (κ3) is 4.71. The van der Waals surface area contributed by atoms with Crippen molar-refractivity contribution in [3.8, 4) is 0 Å². The van der Waals surface area contributed by atoms with Crippen LogP contribution < -0.4 is 15.5 Å². The van der Waals surface area contributed by atoms with E-state index in [-0.39, 0.29) is 23.9 Å². The molecule has 1 aromatic carbocycles. The van der Waals surface area contributed by atoms with Gasteiger partial charge in [0.15, 0.2) is 0 Å². The monoisotopic (exact) mass is 333 g/mol. The minimum absolute atomic E-state index is 0.0876. The number of nitrogens with one attached hydrogen (secondary N) is 2. The van der Waals surface area contributed by atoms with Gasteiger partial charge >= 0.3 is 6.03 Å². The number of hydrogen-bond donors (Lipinski definition) is 2. The quantitative estimate of drug-likeness (QED) is 0.854. The van der Waals surface area contributed by atoms with Gasteiger partial charge in [-0.2, -0.15) is 0 Å². The van der Waals surface area contributed by atoms with Gasteiger partial charge in [-0.25, -0.2) is 14.2 Å². The first-order valence-electron chi connectivity index (χ1n) is 7.92. The smallest absolute Gasteiger partial charge is 0.319 e. The number of rotatable bonds is 6. The zero-order valence-electron chi connectivity index (χ0n) is 14.5. The normalized spacial score (nSPS) is 12.1. The predicted molar refractivity (Wildman–Crippen MR) is 93.8 cm³/mol. The number of anilines is 2. The predicted octanol–water partition coefficient (Wildman–Crippen LogP) is 3.08. The van der Waals surface area contributed by atoms with Crippen molar-refractivity contribution in [1.29, 1.82) is 0 Å². The molecule has 1 heterocycles. The van der Waals surface area contributed by atoms with Crippen LogP contribution in [0, 0.1) is 5.82 Å². The number of aromatic nitrogens is 2. The number of imidazole rings is 1. The van der Waals surface area contributed by atoms with E-state index in [0.29, 0.717) is 17.9 Å². The summed E-state index contributed by atoms with van der Waals surface area (Å²) >= 11 is 0. The molecule has 2 rings (SSSR count). The lowest BCUT2D eigenvalue weighted by Crippen LogP contribution is -2.38. The van der Waals surface area contributed by atoms with Gasteiger partial charge in [-0.05, 0) is 39.0 Å². The van der Waals surface area contributed by atoms with Crippen LogP contribution in [0.1, 0.15) is 20.8 Å². The summed E-state index contributed by atoms with van der Waals surface area (Å²) in [4.78, 5) is 17.8. The molecule has 0 fully saturated rings. The summed E-state index contributed by atoms with van der Waals surface area (Å²) in [6, 6.07) is 4.42. The average molecular weight is 333 g/mol. The van der Waals surface area contributed by atoms with Gasteiger partial charge < -0.3 is 20.1 Å². The van der Waals surface area contributed by atoms with E-state index in [4.69, 9.17) is 0 Å². The summed E-state index contributed by atoms with van der Waals surface area (Å²) in [7, 11) is 1.83. The van der Waals surface area contributed by atoms with Gasteiger partial charge in [0.05, 0.1) is 12.0 Å². The molecule has 0 unspecified atom stereocenters. The number of hydrogen-bond acceptors (Lipinski definition) is 3. The van der Waals surface area contributed by atoms with E-state index in [9.17, 15) is 9.18 Å². The van der Waals surface area contributed by atoms with E-state index in [1.807, 2.05) is 43.5 Å². The maximum Gasteiger partial charge on any atom is 0.319 e. The topological polar surface area (TPSA) is 62.2 Å². The van der Waals surface area contributed by atoms with Crippen molar-refractivity contribution in [2.75, 3.05) is 17.3 Å². The second-order valence-electron chi connectivity index (χ2n) is 6.13. The molecule has 2 amide bonds. The van der Waals surface area contributed by atoms with Crippen molar-refractivity contribution in [3.63, 3.8) is 0 Å². The SMILES string of the molecule is CC(C)N(C)c1ccc(NC(=O)N[C@H](C)Cn2ccnc2)cc1F. The fourth-order valence-corrected chi connectivity index (χ4v) is 2.30. The fraction of sp³-hybridized carbons (Fsp3) is 0.412. The van der Waals surface area contributed by atoms with Crippen LogP contribution in [0.4, 0.5) is 20.6 Å². The lowest BCUT2D eigenvalue weighted by atomic mass is 10.2. The molecule has 0 aliphatic heterocycles. The highest BCUT2D eigenvalue weighted by molar-refractivity contribution is 5.89. The summed E-state index contributed by atoms with van der Waals surface area (Å²) in [5.41, 5.74) is 0.921. The van der Waals surface area contributed by atoms with Crippen LogP contribution in [-0.4, -0.2) is 34.7 Å². The third-order valence-electron chi connectivity index (χ3n) is 3.78. The van der Waals surface area contributed by atoms with Gasteiger partial charge in [-0.1, -0.05) is 0 Å². The molecular formula is C17H24FN5O. The second-order valence-corrected chi connectivity index (χ2v) is 6.13. The first kappa shape index (κ1) is 17.8. The molecule has 0 aliphatic carbocycles. The van der Waals surface area contributed by atoms with E-state index < -0.39 is 0 Å². The molecule has 2 aromatic rings. The van der Waals surface area contributed by atoms with Gasteiger partial charge in [0.25, 0.3) is 0 Å². The summed E-state index contributed by atoms with van der Waals surface area (Å²) in [6.45, 7) is 6.47. The summed E-state index contributed by atoms with van der Waals surface area (Å²) in [5, 5.41) is 5.47. The molecular weight excluding hydrogens is 309 g/mol. The Bertz CT molecular complexity index is 672. The minimum atomic E-state index is -0.369. The number of nitrogens with zero attached hydrogens (tertiary/aromatic N) is 3. The van der Waals surface area contributed by atoms with Crippen LogP contribution in [0.3, 0.4) is 0 Å². The average Bonchev–Trinajstić information content (AvgIpc) is 2.99. The first-order valence-corrected chi connectivity index (χ1v) is 7.92. The largest absolute Gasteiger partial charge is 0.370 e. The number of benzene rings is 1. The standard InChI is InChI=1S/C17H24FN5O/c1-12(2)22(4)16-6-5-14(9-15(16)18)21-17(24)20-13(3)10-23-8-7-19-11-23/h5-9,11-13H,10H2,1-4H3,(H2,20,21,24)/t13-/m1/s1. The molecule has 7 heteroatoms.